The number of rotatable bonds is 4. The summed E-state index contributed by atoms with van der Waals surface area (Å²) < 4.78 is 13.2. The van der Waals surface area contributed by atoms with Crippen molar-refractivity contribution in [1.29, 1.82) is 0 Å². The van der Waals surface area contributed by atoms with Crippen molar-refractivity contribution in [3.63, 3.8) is 0 Å². The second-order valence-corrected chi connectivity index (χ2v) is 6.86. The molecule has 0 saturated carbocycles. The Balaban J connectivity index is 1.57. The summed E-state index contributed by atoms with van der Waals surface area (Å²) >= 11 is 0. The van der Waals surface area contributed by atoms with E-state index in [1.807, 2.05) is 30.3 Å². The number of fused-ring (bicyclic) bond motifs is 1. The predicted molar refractivity (Wildman–Crippen MR) is 106 cm³/mol. The Morgan fingerprint density at radius 3 is 2.38 bits per heavy atom. The molecule has 3 aromatic carbocycles. The fourth-order valence-electron chi connectivity index (χ4n) is 3.30. The number of anilines is 1. The molecule has 0 fully saturated rings. The molecule has 3 amide bonds. The van der Waals surface area contributed by atoms with Gasteiger partial charge in [-0.15, -0.1) is 0 Å². The molecule has 6 heteroatoms. The first-order chi connectivity index (χ1) is 13.9. The van der Waals surface area contributed by atoms with E-state index in [0.29, 0.717) is 11.3 Å². The minimum absolute atomic E-state index is 0.170. The van der Waals surface area contributed by atoms with Gasteiger partial charge in [-0.25, -0.2) is 4.39 Å². The second kappa shape index (κ2) is 7.31. The van der Waals surface area contributed by atoms with Crippen LogP contribution in [0.2, 0.25) is 0 Å². The number of hydrogen-bond donors (Lipinski definition) is 1. The van der Waals surface area contributed by atoms with Gasteiger partial charge in [-0.2, -0.15) is 0 Å². The number of aryl methyl sites for hydroxylation is 1. The monoisotopic (exact) mass is 388 g/mol. The molecule has 0 radical (unpaired) electrons. The van der Waals surface area contributed by atoms with E-state index < -0.39 is 11.8 Å². The largest absolute Gasteiger partial charge is 0.322 e. The lowest BCUT2D eigenvalue weighted by Gasteiger charge is -2.13. The van der Waals surface area contributed by atoms with E-state index in [4.69, 9.17) is 0 Å². The first-order valence-corrected chi connectivity index (χ1v) is 9.06. The van der Waals surface area contributed by atoms with Gasteiger partial charge in [0.25, 0.3) is 17.7 Å². The maximum absolute atomic E-state index is 13.2. The van der Waals surface area contributed by atoms with Crippen molar-refractivity contribution in [2.45, 2.75) is 13.5 Å². The summed E-state index contributed by atoms with van der Waals surface area (Å²) in [4.78, 5) is 39.2. The topological polar surface area (TPSA) is 66.5 Å². The smallest absolute Gasteiger partial charge is 0.261 e. The minimum Gasteiger partial charge on any atom is -0.322 e. The van der Waals surface area contributed by atoms with E-state index in [-0.39, 0.29) is 35.0 Å². The van der Waals surface area contributed by atoms with E-state index in [9.17, 15) is 18.8 Å². The highest BCUT2D eigenvalue weighted by Gasteiger charge is 2.36. The van der Waals surface area contributed by atoms with Crippen LogP contribution in [0.15, 0.2) is 66.7 Å². The van der Waals surface area contributed by atoms with Crippen LogP contribution in [0.1, 0.15) is 42.2 Å². The zero-order chi connectivity index (χ0) is 20.5. The third-order valence-corrected chi connectivity index (χ3v) is 4.85. The molecule has 1 N–H and O–H groups in total. The van der Waals surface area contributed by atoms with Gasteiger partial charge in [0.1, 0.15) is 5.82 Å². The number of amides is 3. The summed E-state index contributed by atoms with van der Waals surface area (Å²) in [7, 11) is 0. The van der Waals surface area contributed by atoms with E-state index in [2.05, 4.69) is 5.32 Å². The summed E-state index contributed by atoms with van der Waals surface area (Å²) in [5.41, 5.74) is 2.63. The molecule has 1 aliphatic rings. The molecule has 5 nitrogen and oxygen atoms in total. The molecule has 0 unspecified atom stereocenters. The Morgan fingerprint density at radius 2 is 1.66 bits per heavy atom. The molecule has 0 bridgehead atoms. The summed E-state index contributed by atoms with van der Waals surface area (Å²) in [6.45, 7) is 1.86. The average molecular weight is 388 g/mol. The van der Waals surface area contributed by atoms with Gasteiger partial charge in [0.2, 0.25) is 0 Å². The van der Waals surface area contributed by atoms with Crippen molar-refractivity contribution in [3.8, 4) is 0 Å². The molecule has 0 aliphatic carbocycles. The molecule has 0 atom stereocenters. The molecular weight excluding hydrogens is 371 g/mol. The Labute approximate surface area is 166 Å². The number of hydrogen-bond acceptors (Lipinski definition) is 3. The van der Waals surface area contributed by atoms with Gasteiger partial charge in [0.15, 0.2) is 0 Å². The van der Waals surface area contributed by atoms with Crippen molar-refractivity contribution in [2.24, 2.45) is 0 Å². The van der Waals surface area contributed by atoms with Crippen LogP contribution in [-0.2, 0) is 6.54 Å². The molecule has 1 heterocycles. The number of nitrogens with zero attached hydrogens (tertiary/aromatic N) is 1. The van der Waals surface area contributed by atoms with Crippen molar-refractivity contribution >= 4 is 23.4 Å². The molecule has 3 aromatic rings. The summed E-state index contributed by atoms with van der Waals surface area (Å²) in [6.07, 6.45) is 0. The third-order valence-electron chi connectivity index (χ3n) is 4.85. The molecule has 1 aliphatic heterocycles. The van der Waals surface area contributed by atoms with Gasteiger partial charge in [-0.05, 0) is 54.4 Å². The predicted octanol–water partition coefficient (Wildman–Crippen LogP) is 4.18. The van der Waals surface area contributed by atoms with Gasteiger partial charge in [0, 0.05) is 11.3 Å². The first-order valence-electron chi connectivity index (χ1n) is 9.06. The molecule has 4 rings (SSSR count). The molecule has 0 aromatic heterocycles. The SMILES string of the molecule is Cc1cc(F)ccc1NC(=O)c1ccc2c(c1)C(=O)N(Cc1ccccc1)C2=O. The number of carbonyl (C=O) groups is 3. The first kappa shape index (κ1) is 18.6. The highest BCUT2D eigenvalue weighted by molar-refractivity contribution is 6.22. The van der Waals surface area contributed by atoms with Gasteiger partial charge in [-0.1, -0.05) is 30.3 Å². The Bertz CT molecular complexity index is 1140. The van der Waals surface area contributed by atoms with Gasteiger partial charge >= 0.3 is 0 Å². The molecule has 144 valence electrons. The highest BCUT2D eigenvalue weighted by atomic mass is 19.1. The molecular formula is C23H17FN2O3. The van der Waals surface area contributed by atoms with E-state index in [1.165, 1.54) is 41.3 Å². The maximum Gasteiger partial charge on any atom is 0.261 e. The average Bonchev–Trinajstić information content (AvgIpc) is 2.95. The third kappa shape index (κ3) is 3.52. The fourth-order valence-corrected chi connectivity index (χ4v) is 3.30. The van der Waals surface area contributed by atoms with Crippen LogP contribution < -0.4 is 5.32 Å². The van der Waals surface area contributed by atoms with Crippen LogP contribution in [0.25, 0.3) is 0 Å². The lowest BCUT2D eigenvalue weighted by molar-refractivity contribution is 0.0642. The molecule has 0 saturated heterocycles. The summed E-state index contributed by atoms with van der Waals surface area (Å²) in [6, 6.07) is 17.7. The number of benzene rings is 3. The zero-order valence-corrected chi connectivity index (χ0v) is 15.6. The summed E-state index contributed by atoms with van der Waals surface area (Å²) in [5.74, 6) is -1.64. The Morgan fingerprint density at radius 1 is 0.931 bits per heavy atom. The Kier molecular flexibility index (Phi) is 4.68. The van der Waals surface area contributed by atoms with Gasteiger partial charge in [-0.3, -0.25) is 19.3 Å². The van der Waals surface area contributed by atoms with Crippen LogP contribution >= 0.6 is 0 Å². The van der Waals surface area contributed by atoms with Crippen LogP contribution in [0.5, 0.6) is 0 Å². The van der Waals surface area contributed by atoms with E-state index in [0.717, 1.165) is 5.56 Å². The normalized spacial score (nSPS) is 12.8. The molecule has 29 heavy (non-hydrogen) atoms. The van der Waals surface area contributed by atoms with Crippen molar-refractivity contribution in [3.05, 3.63) is 100 Å². The lowest BCUT2D eigenvalue weighted by Crippen LogP contribution is -2.29. The quantitative estimate of drug-likeness (QED) is 0.682. The molecule has 0 spiro atoms. The standard InChI is InChI=1S/C23H17FN2O3/c1-14-11-17(24)8-10-20(14)25-21(27)16-7-9-18-19(12-16)23(29)26(22(18)28)13-15-5-3-2-4-6-15/h2-12H,13H2,1H3,(H,25,27). The van der Waals surface area contributed by atoms with Crippen LogP contribution in [0.4, 0.5) is 10.1 Å². The fraction of sp³-hybridized carbons (Fsp3) is 0.0870. The highest BCUT2D eigenvalue weighted by Crippen LogP contribution is 2.26. The van der Waals surface area contributed by atoms with Crippen LogP contribution in [0.3, 0.4) is 0 Å². The van der Waals surface area contributed by atoms with Gasteiger partial charge < -0.3 is 5.32 Å². The lowest BCUT2D eigenvalue weighted by atomic mass is 10.0. The summed E-state index contributed by atoms with van der Waals surface area (Å²) in [5, 5.41) is 2.71. The van der Waals surface area contributed by atoms with E-state index in [1.54, 1.807) is 6.92 Å². The van der Waals surface area contributed by atoms with Gasteiger partial charge in [0.05, 0.1) is 17.7 Å². The van der Waals surface area contributed by atoms with E-state index >= 15 is 0 Å². The Hall–Kier alpha value is -3.80. The number of halogens is 1. The van der Waals surface area contributed by atoms with Crippen molar-refractivity contribution < 1.29 is 18.8 Å². The van der Waals surface area contributed by atoms with Crippen LogP contribution in [-0.4, -0.2) is 22.6 Å². The number of imide groups is 1. The minimum atomic E-state index is -0.440. The number of nitrogens with one attached hydrogen (secondary N) is 1. The zero-order valence-electron chi connectivity index (χ0n) is 15.6. The van der Waals surface area contributed by atoms with Crippen molar-refractivity contribution in [1.82, 2.24) is 4.90 Å². The van der Waals surface area contributed by atoms with Crippen molar-refractivity contribution in [2.75, 3.05) is 5.32 Å². The maximum atomic E-state index is 13.2. The second-order valence-electron chi connectivity index (χ2n) is 6.86. The van der Waals surface area contributed by atoms with Crippen LogP contribution in [0, 0.1) is 12.7 Å². The number of carbonyl (C=O) groups excluding carboxylic acids is 3.